The van der Waals surface area contributed by atoms with Gasteiger partial charge >= 0.3 is 0 Å². The SMILES string of the molecule is CCC[C@@H](N)C(=O)Nc1ccc(=O)n(CCOC)c1. The van der Waals surface area contributed by atoms with Gasteiger partial charge in [0, 0.05) is 25.9 Å². The monoisotopic (exact) mass is 267 g/mol. The number of anilines is 1. The zero-order chi connectivity index (χ0) is 14.3. The number of nitrogens with two attached hydrogens (primary N) is 1. The van der Waals surface area contributed by atoms with Crippen LogP contribution in [0.15, 0.2) is 23.1 Å². The summed E-state index contributed by atoms with van der Waals surface area (Å²) in [6, 6.07) is 2.46. The summed E-state index contributed by atoms with van der Waals surface area (Å²) in [5.41, 5.74) is 6.15. The van der Waals surface area contributed by atoms with Crippen molar-refractivity contribution >= 4 is 11.6 Å². The van der Waals surface area contributed by atoms with E-state index in [4.69, 9.17) is 10.5 Å². The van der Waals surface area contributed by atoms with E-state index in [-0.39, 0.29) is 11.5 Å². The second-order valence-corrected chi connectivity index (χ2v) is 4.33. The molecule has 6 heteroatoms. The largest absolute Gasteiger partial charge is 0.383 e. The Hall–Kier alpha value is -1.66. The summed E-state index contributed by atoms with van der Waals surface area (Å²) >= 11 is 0. The van der Waals surface area contributed by atoms with Gasteiger partial charge in [0.1, 0.15) is 0 Å². The second-order valence-electron chi connectivity index (χ2n) is 4.33. The summed E-state index contributed by atoms with van der Waals surface area (Å²) in [5, 5.41) is 2.71. The molecular formula is C13H21N3O3. The fraction of sp³-hybridized carbons (Fsp3) is 0.538. The summed E-state index contributed by atoms with van der Waals surface area (Å²) in [6.45, 7) is 2.85. The van der Waals surface area contributed by atoms with Crippen LogP contribution in [-0.2, 0) is 16.1 Å². The molecule has 0 aliphatic rings. The molecule has 1 aromatic heterocycles. The van der Waals surface area contributed by atoms with Crippen molar-refractivity contribution < 1.29 is 9.53 Å². The van der Waals surface area contributed by atoms with Crippen LogP contribution in [0.3, 0.4) is 0 Å². The number of carbonyl (C=O) groups excluding carboxylic acids is 1. The Labute approximate surface area is 112 Å². The highest BCUT2D eigenvalue weighted by Gasteiger charge is 2.12. The van der Waals surface area contributed by atoms with Crippen LogP contribution in [0.1, 0.15) is 19.8 Å². The third-order valence-electron chi connectivity index (χ3n) is 2.72. The fourth-order valence-electron chi connectivity index (χ4n) is 1.65. The van der Waals surface area contributed by atoms with E-state index >= 15 is 0 Å². The van der Waals surface area contributed by atoms with Crippen molar-refractivity contribution in [3.63, 3.8) is 0 Å². The minimum atomic E-state index is -0.524. The predicted molar refractivity (Wildman–Crippen MR) is 74.1 cm³/mol. The molecule has 1 aromatic rings. The van der Waals surface area contributed by atoms with Crippen molar-refractivity contribution in [2.45, 2.75) is 32.4 Å². The maximum Gasteiger partial charge on any atom is 0.250 e. The zero-order valence-corrected chi connectivity index (χ0v) is 11.4. The molecule has 0 saturated heterocycles. The number of pyridine rings is 1. The van der Waals surface area contributed by atoms with Crippen molar-refractivity contribution in [1.82, 2.24) is 4.57 Å². The van der Waals surface area contributed by atoms with Gasteiger partial charge in [-0.25, -0.2) is 0 Å². The Balaban J connectivity index is 2.73. The minimum absolute atomic E-state index is 0.132. The van der Waals surface area contributed by atoms with E-state index in [2.05, 4.69) is 5.32 Å². The molecule has 0 fully saturated rings. The van der Waals surface area contributed by atoms with Crippen molar-refractivity contribution in [3.8, 4) is 0 Å². The highest BCUT2D eigenvalue weighted by atomic mass is 16.5. The van der Waals surface area contributed by atoms with Gasteiger partial charge in [0.05, 0.1) is 18.3 Å². The first-order valence-electron chi connectivity index (χ1n) is 6.34. The van der Waals surface area contributed by atoms with Crippen LogP contribution < -0.4 is 16.6 Å². The van der Waals surface area contributed by atoms with Crippen LogP contribution in [-0.4, -0.2) is 30.2 Å². The average Bonchev–Trinajstić information content (AvgIpc) is 2.39. The first-order valence-corrected chi connectivity index (χ1v) is 6.34. The van der Waals surface area contributed by atoms with Crippen LogP contribution >= 0.6 is 0 Å². The zero-order valence-electron chi connectivity index (χ0n) is 11.4. The average molecular weight is 267 g/mol. The molecule has 0 aromatic carbocycles. The number of hydrogen-bond acceptors (Lipinski definition) is 4. The topological polar surface area (TPSA) is 86.4 Å². The molecule has 106 valence electrons. The lowest BCUT2D eigenvalue weighted by Crippen LogP contribution is -2.35. The highest BCUT2D eigenvalue weighted by Crippen LogP contribution is 2.05. The summed E-state index contributed by atoms with van der Waals surface area (Å²) in [4.78, 5) is 23.3. The van der Waals surface area contributed by atoms with Gasteiger partial charge in [0.15, 0.2) is 0 Å². The maximum atomic E-state index is 11.8. The van der Waals surface area contributed by atoms with Crippen LogP contribution in [0, 0.1) is 0 Å². The molecule has 6 nitrogen and oxygen atoms in total. The molecule has 0 unspecified atom stereocenters. The number of ether oxygens (including phenoxy) is 1. The van der Waals surface area contributed by atoms with E-state index in [0.29, 0.717) is 25.3 Å². The van der Waals surface area contributed by atoms with Gasteiger partial charge in [-0.2, -0.15) is 0 Å². The predicted octanol–water partition coefficient (Wildman–Crippen LogP) is 0.561. The number of methoxy groups -OCH3 is 1. The van der Waals surface area contributed by atoms with Crippen molar-refractivity contribution in [2.24, 2.45) is 5.73 Å². The standard InChI is InChI=1S/C13H21N3O3/c1-3-4-11(14)13(18)15-10-5-6-12(17)16(9-10)7-8-19-2/h5-6,9,11H,3-4,7-8,14H2,1-2H3,(H,15,18)/t11-/m1/s1. The van der Waals surface area contributed by atoms with Gasteiger partial charge in [-0.3, -0.25) is 9.59 Å². The minimum Gasteiger partial charge on any atom is -0.383 e. The Morgan fingerprint density at radius 2 is 2.26 bits per heavy atom. The third kappa shape index (κ3) is 4.84. The Morgan fingerprint density at radius 3 is 2.89 bits per heavy atom. The smallest absolute Gasteiger partial charge is 0.250 e. The number of amides is 1. The number of nitrogens with zero attached hydrogens (tertiary/aromatic N) is 1. The Bertz CT molecular complexity index is 470. The summed E-state index contributed by atoms with van der Waals surface area (Å²) in [5.74, 6) is -0.237. The van der Waals surface area contributed by atoms with E-state index < -0.39 is 6.04 Å². The van der Waals surface area contributed by atoms with E-state index in [9.17, 15) is 9.59 Å². The summed E-state index contributed by atoms with van der Waals surface area (Å²) < 4.78 is 6.42. The number of carbonyl (C=O) groups is 1. The summed E-state index contributed by atoms with van der Waals surface area (Å²) in [6.07, 6.45) is 3.08. The second kappa shape index (κ2) is 7.70. The molecule has 19 heavy (non-hydrogen) atoms. The van der Waals surface area contributed by atoms with Crippen molar-refractivity contribution in [2.75, 3.05) is 19.0 Å². The number of rotatable bonds is 7. The van der Waals surface area contributed by atoms with Gasteiger partial charge in [0.2, 0.25) is 5.91 Å². The van der Waals surface area contributed by atoms with Crippen molar-refractivity contribution in [3.05, 3.63) is 28.7 Å². The molecule has 0 spiro atoms. The fourth-order valence-corrected chi connectivity index (χ4v) is 1.65. The first-order chi connectivity index (χ1) is 9.08. The van der Waals surface area contributed by atoms with E-state index in [0.717, 1.165) is 6.42 Å². The summed E-state index contributed by atoms with van der Waals surface area (Å²) in [7, 11) is 1.57. The van der Waals surface area contributed by atoms with Crippen LogP contribution in [0.4, 0.5) is 5.69 Å². The molecule has 3 N–H and O–H groups in total. The van der Waals surface area contributed by atoms with Crippen LogP contribution in [0.2, 0.25) is 0 Å². The van der Waals surface area contributed by atoms with Gasteiger partial charge in [-0.15, -0.1) is 0 Å². The lowest BCUT2D eigenvalue weighted by Gasteiger charge is -2.12. The lowest BCUT2D eigenvalue weighted by molar-refractivity contribution is -0.117. The van der Waals surface area contributed by atoms with E-state index in [1.165, 1.54) is 10.6 Å². The van der Waals surface area contributed by atoms with E-state index in [1.54, 1.807) is 19.4 Å². The normalized spacial score (nSPS) is 12.2. The molecular weight excluding hydrogens is 246 g/mol. The molecule has 1 amide bonds. The van der Waals surface area contributed by atoms with Gasteiger partial charge in [-0.1, -0.05) is 13.3 Å². The van der Waals surface area contributed by atoms with E-state index in [1.807, 2.05) is 6.92 Å². The molecule has 0 bridgehead atoms. The third-order valence-corrected chi connectivity index (χ3v) is 2.72. The number of hydrogen-bond donors (Lipinski definition) is 2. The molecule has 0 aliphatic heterocycles. The molecule has 0 saturated carbocycles. The van der Waals surface area contributed by atoms with Crippen LogP contribution in [0.5, 0.6) is 0 Å². The quantitative estimate of drug-likeness (QED) is 0.756. The van der Waals surface area contributed by atoms with Crippen LogP contribution in [0.25, 0.3) is 0 Å². The number of aromatic nitrogens is 1. The lowest BCUT2D eigenvalue weighted by atomic mass is 10.1. The molecule has 1 rings (SSSR count). The van der Waals surface area contributed by atoms with Gasteiger partial charge in [0.25, 0.3) is 5.56 Å². The molecule has 0 radical (unpaired) electrons. The van der Waals surface area contributed by atoms with Gasteiger partial charge < -0.3 is 20.4 Å². The first kappa shape index (κ1) is 15.4. The van der Waals surface area contributed by atoms with Crippen molar-refractivity contribution in [1.29, 1.82) is 0 Å². The maximum absolute atomic E-state index is 11.8. The Morgan fingerprint density at radius 1 is 1.53 bits per heavy atom. The molecule has 0 aliphatic carbocycles. The molecule has 1 heterocycles. The highest BCUT2D eigenvalue weighted by molar-refractivity contribution is 5.94. The van der Waals surface area contributed by atoms with Gasteiger partial charge in [-0.05, 0) is 12.5 Å². The number of nitrogens with one attached hydrogen (secondary N) is 1. The molecule has 1 atom stereocenters. The Kier molecular flexibility index (Phi) is 6.24.